The number of nitrogen functional groups attached to an aromatic ring is 1. The zero-order valence-electron chi connectivity index (χ0n) is 12.6. The molecule has 112 valence electrons. The lowest BCUT2D eigenvalue weighted by atomic mass is 9.95. The molecular formula is C15H19FN4S. The highest BCUT2D eigenvalue weighted by molar-refractivity contribution is 7.99. The molecule has 0 saturated carbocycles. The van der Waals surface area contributed by atoms with Crippen molar-refractivity contribution in [2.75, 3.05) is 5.43 Å². The number of rotatable bonds is 3. The van der Waals surface area contributed by atoms with Crippen LogP contribution in [-0.4, -0.2) is 9.97 Å². The molecule has 0 aliphatic rings. The lowest BCUT2D eigenvalue weighted by molar-refractivity contribution is 0.538. The van der Waals surface area contributed by atoms with E-state index >= 15 is 0 Å². The molecule has 0 fully saturated rings. The number of hydrogen-bond donors (Lipinski definition) is 2. The molecular weight excluding hydrogens is 287 g/mol. The maximum Gasteiger partial charge on any atom is 0.147 e. The van der Waals surface area contributed by atoms with Gasteiger partial charge >= 0.3 is 0 Å². The van der Waals surface area contributed by atoms with Gasteiger partial charge in [0, 0.05) is 15.9 Å². The Hall–Kier alpha value is -1.66. The molecule has 2 aromatic rings. The van der Waals surface area contributed by atoms with Gasteiger partial charge in [0.05, 0.1) is 0 Å². The summed E-state index contributed by atoms with van der Waals surface area (Å²) in [5, 5.41) is 0.772. The van der Waals surface area contributed by atoms with Gasteiger partial charge in [-0.2, -0.15) is 0 Å². The van der Waals surface area contributed by atoms with Crippen molar-refractivity contribution in [3.63, 3.8) is 0 Å². The van der Waals surface area contributed by atoms with Crippen LogP contribution in [0.2, 0.25) is 0 Å². The standard InChI is InChI=1S/C15H19FN4S/c1-9-12(20-17)18-14(15(2,3)4)19-13(9)21-11-7-5-6-10(16)8-11/h5-8H,17H2,1-4H3,(H,18,19,20). The first-order valence-corrected chi connectivity index (χ1v) is 7.42. The summed E-state index contributed by atoms with van der Waals surface area (Å²) in [7, 11) is 0. The van der Waals surface area contributed by atoms with E-state index in [0.717, 1.165) is 15.5 Å². The Labute approximate surface area is 128 Å². The maximum atomic E-state index is 13.3. The summed E-state index contributed by atoms with van der Waals surface area (Å²) in [6, 6.07) is 6.44. The fraction of sp³-hybridized carbons (Fsp3) is 0.333. The van der Waals surface area contributed by atoms with Gasteiger partial charge in [0.15, 0.2) is 0 Å². The second-order valence-electron chi connectivity index (χ2n) is 5.78. The molecule has 0 aliphatic heterocycles. The molecule has 2 rings (SSSR count). The fourth-order valence-electron chi connectivity index (χ4n) is 1.71. The minimum atomic E-state index is -0.264. The van der Waals surface area contributed by atoms with E-state index in [2.05, 4.69) is 15.4 Å². The molecule has 1 aromatic heterocycles. The molecule has 21 heavy (non-hydrogen) atoms. The monoisotopic (exact) mass is 306 g/mol. The van der Waals surface area contributed by atoms with Crippen molar-refractivity contribution in [2.45, 2.75) is 43.0 Å². The van der Waals surface area contributed by atoms with Gasteiger partial charge < -0.3 is 5.43 Å². The van der Waals surface area contributed by atoms with Gasteiger partial charge in [-0.05, 0) is 25.1 Å². The molecule has 6 heteroatoms. The molecule has 0 amide bonds. The van der Waals surface area contributed by atoms with E-state index in [4.69, 9.17) is 5.84 Å². The normalized spacial score (nSPS) is 11.5. The van der Waals surface area contributed by atoms with Crippen LogP contribution >= 0.6 is 11.8 Å². The van der Waals surface area contributed by atoms with Gasteiger partial charge in [-0.15, -0.1) is 0 Å². The van der Waals surface area contributed by atoms with Gasteiger partial charge in [0.1, 0.15) is 22.5 Å². The van der Waals surface area contributed by atoms with E-state index in [1.807, 2.05) is 33.8 Å². The van der Waals surface area contributed by atoms with E-state index < -0.39 is 0 Å². The Balaban J connectivity index is 2.47. The molecule has 0 spiro atoms. The lowest BCUT2D eigenvalue weighted by Gasteiger charge is -2.20. The topological polar surface area (TPSA) is 63.8 Å². The fourth-order valence-corrected chi connectivity index (χ4v) is 2.64. The number of aromatic nitrogens is 2. The van der Waals surface area contributed by atoms with Crippen LogP contribution in [0.3, 0.4) is 0 Å². The van der Waals surface area contributed by atoms with Crippen LogP contribution in [0.15, 0.2) is 34.2 Å². The summed E-state index contributed by atoms with van der Waals surface area (Å²) in [5.41, 5.74) is 3.26. The summed E-state index contributed by atoms with van der Waals surface area (Å²) in [6.07, 6.45) is 0. The molecule has 0 aliphatic carbocycles. The molecule has 0 atom stereocenters. The Bertz CT molecular complexity index is 653. The van der Waals surface area contributed by atoms with Crippen LogP contribution < -0.4 is 11.3 Å². The summed E-state index contributed by atoms with van der Waals surface area (Å²) in [6.45, 7) is 8.00. The Morgan fingerprint density at radius 3 is 2.52 bits per heavy atom. The van der Waals surface area contributed by atoms with Gasteiger partial charge in [0.25, 0.3) is 0 Å². The highest BCUT2D eigenvalue weighted by atomic mass is 32.2. The zero-order chi connectivity index (χ0) is 15.6. The van der Waals surface area contributed by atoms with Crippen molar-refractivity contribution in [1.82, 2.24) is 9.97 Å². The van der Waals surface area contributed by atoms with E-state index in [9.17, 15) is 4.39 Å². The second-order valence-corrected chi connectivity index (χ2v) is 6.84. The summed E-state index contributed by atoms with van der Waals surface area (Å²) >= 11 is 1.40. The number of nitrogens with zero attached hydrogens (tertiary/aromatic N) is 2. The lowest BCUT2D eigenvalue weighted by Crippen LogP contribution is -2.20. The number of hydrogen-bond acceptors (Lipinski definition) is 5. The molecule has 0 radical (unpaired) electrons. The summed E-state index contributed by atoms with van der Waals surface area (Å²) in [4.78, 5) is 9.85. The molecule has 0 bridgehead atoms. The maximum absolute atomic E-state index is 13.3. The van der Waals surface area contributed by atoms with Crippen LogP contribution in [0.5, 0.6) is 0 Å². The minimum absolute atomic E-state index is 0.198. The van der Waals surface area contributed by atoms with Gasteiger partial charge in [-0.3, -0.25) is 0 Å². The van der Waals surface area contributed by atoms with Crippen molar-refractivity contribution >= 4 is 17.6 Å². The van der Waals surface area contributed by atoms with Crippen molar-refractivity contribution in [1.29, 1.82) is 0 Å². The summed E-state index contributed by atoms with van der Waals surface area (Å²) in [5.74, 6) is 6.56. The minimum Gasteiger partial charge on any atom is -0.308 e. The molecule has 1 aromatic carbocycles. The third kappa shape index (κ3) is 3.71. The largest absolute Gasteiger partial charge is 0.308 e. The Kier molecular flexibility index (Phi) is 4.49. The molecule has 3 N–H and O–H groups in total. The Morgan fingerprint density at radius 2 is 1.95 bits per heavy atom. The molecule has 0 saturated heterocycles. The molecule has 4 nitrogen and oxygen atoms in total. The first-order chi connectivity index (χ1) is 9.81. The van der Waals surface area contributed by atoms with Crippen LogP contribution in [0, 0.1) is 12.7 Å². The Morgan fingerprint density at radius 1 is 1.24 bits per heavy atom. The predicted octanol–water partition coefficient (Wildman–Crippen LogP) is 3.66. The van der Waals surface area contributed by atoms with Crippen LogP contribution in [0.4, 0.5) is 10.2 Å². The number of halogens is 1. The number of hydrazine groups is 1. The summed E-state index contributed by atoms with van der Waals surface area (Å²) < 4.78 is 13.3. The van der Waals surface area contributed by atoms with Crippen molar-refractivity contribution in [3.8, 4) is 0 Å². The smallest absolute Gasteiger partial charge is 0.147 e. The molecule has 1 heterocycles. The van der Waals surface area contributed by atoms with Gasteiger partial charge in [-0.1, -0.05) is 38.6 Å². The van der Waals surface area contributed by atoms with E-state index in [-0.39, 0.29) is 11.2 Å². The average Bonchev–Trinajstić information content (AvgIpc) is 2.40. The second kappa shape index (κ2) is 5.99. The third-order valence-corrected chi connectivity index (χ3v) is 4.00. The highest BCUT2D eigenvalue weighted by Gasteiger charge is 2.21. The van der Waals surface area contributed by atoms with Crippen LogP contribution in [-0.2, 0) is 5.41 Å². The van der Waals surface area contributed by atoms with Crippen molar-refractivity contribution in [3.05, 3.63) is 41.5 Å². The predicted molar refractivity (Wildman–Crippen MR) is 83.8 cm³/mol. The first-order valence-electron chi connectivity index (χ1n) is 6.60. The number of nitrogens with one attached hydrogen (secondary N) is 1. The highest BCUT2D eigenvalue weighted by Crippen LogP contribution is 2.33. The third-order valence-electron chi connectivity index (χ3n) is 2.92. The zero-order valence-corrected chi connectivity index (χ0v) is 13.4. The molecule has 0 unspecified atom stereocenters. The number of anilines is 1. The quantitative estimate of drug-likeness (QED) is 0.515. The number of nitrogens with two attached hydrogens (primary N) is 1. The van der Waals surface area contributed by atoms with Crippen molar-refractivity contribution in [2.24, 2.45) is 5.84 Å². The van der Waals surface area contributed by atoms with Gasteiger partial charge in [0.2, 0.25) is 0 Å². The van der Waals surface area contributed by atoms with E-state index in [1.165, 1.54) is 23.9 Å². The van der Waals surface area contributed by atoms with E-state index in [1.54, 1.807) is 6.07 Å². The van der Waals surface area contributed by atoms with Crippen LogP contribution in [0.25, 0.3) is 0 Å². The van der Waals surface area contributed by atoms with Crippen LogP contribution in [0.1, 0.15) is 32.2 Å². The SMILES string of the molecule is Cc1c(NN)nc(C(C)(C)C)nc1Sc1cccc(F)c1. The van der Waals surface area contributed by atoms with Crippen molar-refractivity contribution < 1.29 is 4.39 Å². The number of benzene rings is 1. The average molecular weight is 306 g/mol. The first kappa shape index (κ1) is 15.7. The van der Waals surface area contributed by atoms with Gasteiger partial charge in [-0.25, -0.2) is 20.2 Å². The van der Waals surface area contributed by atoms with E-state index in [0.29, 0.717) is 11.6 Å².